The largest absolute Gasteiger partial charge is 0.449 e. The summed E-state index contributed by atoms with van der Waals surface area (Å²) in [5, 5.41) is 13.3. The van der Waals surface area contributed by atoms with E-state index in [1.807, 2.05) is 0 Å². The fourth-order valence-corrected chi connectivity index (χ4v) is 4.40. The number of nitrogens with one attached hydrogen (secondary N) is 1. The molecule has 12 heteroatoms. The van der Waals surface area contributed by atoms with Crippen molar-refractivity contribution in [2.75, 3.05) is 18.4 Å². The molecular formula is C20H22ClN3O7S. The summed E-state index contributed by atoms with van der Waals surface area (Å²) < 4.78 is 31.7. The van der Waals surface area contributed by atoms with E-state index in [-0.39, 0.29) is 39.9 Å². The van der Waals surface area contributed by atoms with E-state index in [2.05, 4.69) is 5.32 Å². The Morgan fingerprint density at radius 3 is 2.44 bits per heavy atom. The molecule has 2 aromatic rings. The van der Waals surface area contributed by atoms with Crippen LogP contribution in [0.4, 0.5) is 11.4 Å². The van der Waals surface area contributed by atoms with Crippen LogP contribution in [0.15, 0.2) is 47.4 Å². The average molecular weight is 484 g/mol. The lowest BCUT2D eigenvalue weighted by atomic mass is 10.2. The van der Waals surface area contributed by atoms with Gasteiger partial charge in [-0.05, 0) is 31.2 Å². The van der Waals surface area contributed by atoms with Crippen LogP contribution in [0, 0.1) is 10.1 Å². The van der Waals surface area contributed by atoms with Gasteiger partial charge in [-0.15, -0.1) is 0 Å². The quantitative estimate of drug-likeness (QED) is 0.327. The second-order valence-electron chi connectivity index (χ2n) is 6.58. The number of sulfonamides is 1. The maximum Gasteiger partial charge on any atom is 0.338 e. The Balaban J connectivity index is 2.15. The average Bonchev–Trinajstić information content (AvgIpc) is 2.75. The van der Waals surface area contributed by atoms with Gasteiger partial charge in [-0.2, -0.15) is 4.31 Å². The molecule has 0 aromatic heterocycles. The highest BCUT2D eigenvalue weighted by Gasteiger charge is 2.25. The molecule has 0 bridgehead atoms. The van der Waals surface area contributed by atoms with Crippen molar-refractivity contribution in [2.24, 2.45) is 0 Å². The van der Waals surface area contributed by atoms with Gasteiger partial charge in [-0.3, -0.25) is 14.9 Å². The summed E-state index contributed by atoms with van der Waals surface area (Å²) in [7, 11) is -3.78. The van der Waals surface area contributed by atoms with Crippen molar-refractivity contribution < 1.29 is 27.7 Å². The Bertz CT molecular complexity index is 1130. The zero-order valence-corrected chi connectivity index (χ0v) is 19.1. The normalized spacial score (nSPS) is 12.3. The summed E-state index contributed by atoms with van der Waals surface area (Å²) in [5.41, 5.74) is -0.340. The molecule has 0 aliphatic heterocycles. The minimum absolute atomic E-state index is 0.0129. The number of nitro groups is 1. The third-order valence-electron chi connectivity index (χ3n) is 4.48. The molecule has 0 aliphatic rings. The summed E-state index contributed by atoms with van der Waals surface area (Å²) in [6.07, 6.45) is -1.29. The van der Waals surface area contributed by atoms with E-state index in [4.69, 9.17) is 16.3 Å². The highest BCUT2D eigenvalue weighted by Crippen LogP contribution is 2.27. The molecule has 1 N–H and O–H groups in total. The predicted molar refractivity (Wildman–Crippen MR) is 118 cm³/mol. The first-order valence-electron chi connectivity index (χ1n) is 9.57. The van der Waals surface area contributed by atoms with Crippen LogP contribution in [0.1, 0.15) is 31.1 Å². The van der Waals surface area contributed by atoms with Crippen molar-refractivity contribution in [1.29, 1.82) is 0 Å². The molecule has 0 unspecified atom stereocenters. The number of nitro benzene ring substituents is 1. The molecule has 2 aromatic carbocycles. The molecule has 2 rings (SSSR count). The molecule has 0 spiro atoms. The van der Waals surface area contributed by atoms with Crippen LogP contribution in [0.3, 0.4) is 0 Å². The highest BCUT2D eigenvalue weighted by atomic mass is 35.5. The summed E-state index contributed by atoms with van der Waals surface area (Å²) in [6.45, 7) is 5.24. The van der Waals surface area contributed by atoms with Crippen LogP contribution in [-0.4, -0.2) is 48.7 Å². The number of benzene rings is 2. The molecule has 0 aliphatic carbocycles. The second kappa shape index (κ2) is 10.5. The number of halogens is 1. The minimum Gasteiger partial charge on any atom is -0.449 e. The molecule has 1 atom stereocenters. The van der Waals surface area contributed by atoms with Gasteiger partial charge >= 0.3 is 5.97 Å². The minimum atomic E-state index is -3.78. The van der Waals surface area contributed by atoms with Gasteiger partial charge in [0, 0.05) is 25.2 Å². The standard InChI is InChI=1S/C20H22ClN3O7S/c1-4-23(5-2)32(29,30)16-8-6-7-14(11-16)20(26)31-13(3)19(25)22-18-12-15(24(27)28)9-10-17(18)21/h6-13H,4-5H2,1-3H3,(H,22,25)/t13-/m0/s1. The topological polar surface area (TPSA) is 136 Å². The van der Waals surface area contributed by atoms with Gasteiger partial charge in [0.25, 0.3) is 11.6 Å². The van der Waals surface area contributed by atoms with E-state index in [0.717, 1.165) is 6.07 Å². The summed E-state index contributed by atoms with van der Waals surface area (Å²) in [6, 6.07) is 8.83. The molecule has 32 heavy (non-hydrogen) atoms. The SMILES string of the molecule is CCN(CC)S(=O)(=O)c1cccc(C(=O)O[C@@H](C)C(=O)Nc2cc([N+](=O)[O-])ccc2Cl)c1. The number of ether oxygens (including phenoxy) is 1. The predicted octanol–water partition coefficient (Wildman–Crippen LogP) is 3.46. The van der Waals surface area contributed by atoms with Crippen LogP contribution in [0.25, 0.3) is 0 Å². The van der Waals surface area contributed by atoms with E-state index in [1.54, 1.807) is 13.8 Å². The number of hydrogen-bond acceptors (Lipinski definition) is 7. The van der Waals surface area contributed by atoms with Crippen molar-refractivity contribution in [3.05, 3.63) is 63.2 Å². The third kappa shape index (κ3) is 5.81. The maximum atomic E-state index is 12.7. The zero-order valence-electron chi connectivity index (χ0n) is 17.6. The van der Waals surface area contributed by atoms with Crippen molar-refractivity contribution in [3.8, 4) is 0 Å². The van der Waals surface area contributed by atoms with Gasteiger partial charge in [0.1, 0.15) is 0 Å². The Morgan fingerprint density at radius 1 is 1.19 bits per heavy atom. The van der Waals surface area contributed by atoms with E-state index >= 15 is 0 Å². The van der Waals surface area contributed by atoms with Crippen LogP contribution >= 0.6 is 11.6 Å². The van der Waals surface area contributed by atoms with Crippen molar-refractivity contribution in [3.63, 3.8) is 0 Å². The zero-order chi connectivity index (χ0) is 24.1. The molecule has 0 saturated heterocycles. The van der Waals surface area contributed by atoms with Gasteiger partial charge in [-0.1, -0.05) is 31.5 Å². The first kappa shape index (κ1) is 25.2. The van der Waals surface area contributed by atoms with Crippen LogP contribution in [-0.2, 0) is 19.6 Å². The third-order valence-corrected chi connectivity index (χ3v) is 6.86. The van der Waals surface area contributed by atoms with Crippen LogP contribution < -0.4 is 5.32 Å². The lowest BCUT2D eigenvalue weighted by molar-refractivity contribution is -0.384. The van der Waals surface area contributed by atoms with E-state index < -0.39 is 32.9 Å². The number of carbonyl (C=O) groups is 2. The number of amides is 1. The smallest absolute Gasteiger partial charge is 0.338 e. The van der Waals surface area contributed by atoms with Crippen molar-refractivity contribution in [1.82, 2.24) is 4.31 Å². The highest BCUT2D eigenvalue weighted by molar-refractivity contribution is 7.89. The molecule has 0 fully saturated rings. The molecular weight excluding hydrogens is 462 g/mol. The molecule has 172 valence electrons. The number of esters is 1. The summed E-state index contributed by atoms with van der Waals surface area (Å²) in [4.78, 5) is 35.1. The second-order valence-corrected chi connectivity index (χ2v) is 8.92. The van der Waals surface area contributed by atoms with Gasteiger partial charge < -0.3 is 10.1 Å². The number of carbonyl (C=O) groups excluding carboxylic acids is 2. The van der Waals surface area contributed by atoms with Crippen LogP contribution in [0.2, 0.25) is 5.02 Å². The number of non-ortho nitro benzene ring substituents is 1. The first-order valence-corrected chi connectivity index (χ1v) is 11.4. The van der Waals surface area contributed by atoms with Crippen molar-refractivity contribution in [2.45, 2.75) is 31.8 Å². The summed E-state index contributed by atoms with van der Waals surface area (Å²) in [5.74, 6) is -1.68. The molecule has 1 amide bonds. The van der Waals surface area contributed by atoms with Gasteiger partial charge in [0.05, 0.1) is 26.1 Å². The number of rotatable bonds is 9. The van der Waals surface area contributed by atoms with Crippen molar-refractivity contribution >= 4 is 44.9 Å². The fraction of sp³-hybridized carbons (Fsp3) is 0.300. The summed E-state index contributed by atoms with van der Waals surface area (Å²) >= 11 is 5.95. The Morgan fingerprint density at radius 2 is 1.84 bits per heavy atom. The van der Waals surface area contributed by atoms with Gasteiger partial charge in [-0.25, -0.2) is 13.2 Å². The maximum absolute atomic E-state index is 12.7. The first-order chi connectivity index (χ1) is 15.0. The lowest BCUT2D eigenvalue weighted by Gasteiger charge is -2.19. The fourth-order valence-electron chi connectivity index (χ4n) is 2.74. The number of hydrogen-bond donors (Lipinski definition) is 1. The lowest BCUT2D eigenvalue weighted by Crippen LogP contribution is -2.31. The van der Waals surface area contributed by atoms with E-state index in [1.165, 1.54) is 47.6 Å². The van der Waals surface area contributed by atoms with E-state index in [9.17, 15) is 28.1 Å². The van der Waals surface area contributed by atoms with Gasteiger partial charge in [0.2, 0.25) is 10.0 Å². The van der Waals surface area contributed by atoms with Gasteiger partial charge in [0.15, 0.2) is 6.10 Å². The Hall–Kier alpha value is -3.02. The number of anilines is 1. The Labute approximate surface area is 190 Å². The van der Waals surface area contributed by atoms with E-state index in [0.29, 0.717) is 0 Å². The monoisotopic (exact) mass is 483 g/mol. The molecule has 0 heterocycles. The molecule has 0 radical (unpaired) electrons. The Kier molecular flexibility index (Phi) is 8.31. The number of nitrogens with zero attached hydrogens (tertiary/aromatic N) is 2. The van der Waals surface area contributed by atoms with Crippen LogP contribution in [0.5, 0.6) is 0 Å². The molecule has 0 saturated carbocycles. The molecule has 10 nitrogen and oxygen atoms in total.